The molecule has 0 atom stereocenters. The van der Waals surface area contributed by atoms with Crippen molar-refractivity contribution in [1.29, 1.82) is 0 Å². The Morgan fingerprint density at radius 3 is 2.80 bits per heavy atom. The van der Waals surface area contributed by atoms with Gasteiger partial charge in [0.1, 0.15) is 18.1 Å². The minimum Gasteiger partial charge on any atom is -0.497 e. The van der Waals surface area contributed by atoms with Crippen LogP contribution in [0.15, 0.2) is 18.2 Å². The van der Waals surface area contributed by atoms with E-state index in [1.54, 1.807) is 7.11 Å². The molecule has 1 fully saturated rings. The first-order valence-electron chi connectivity index (χ1n) is 7.08. The molecule has 1 heterocycles. The quantitative estimate of drug-likeness (QED) is 0.811. The molecule has 20 heavy (non-hydrogen) atoms. The summed E-state index contributed by atoms with van der Waals surface area (Å²) in [5.41, 5.74) is 1.12. The molecule has 0 radical (unpaired) electrons. The Morgan fingerprint density at radius 1 is 1.30 bits per heavy atom. The van der Waals surface area contributed by atoms with Gasteiger partial charge in [-0.2, -0.15) is 0 Å². The minimum atomic E-state index is 0.697. The van der Waals surface area contributed by atoms with Crippen molar-refractivity contribution in [2.45, 2.75) is 6.54 Å². The Labute approximate surface area is 120 Å². The fourth-order valence-electron chi connectivity index (χ4n) is 2.26. The van der Waals surface area contributed by atoms with Gasteiger partial charge in [-0.3, -0.25) is 4.90 Å². The van der Waals surface area contributed by atoms with Gasteiger partial charge in [0.15, 0.2) is 0 Å². The standard InChI is InChI=1S/C15H24N2O3/c1-16-12-13-11-14(18-2)3-4-15(13)20-10-7-17-5-8-19-9-6-17/h3-4,11,16H,5-10,12H2,1-2H3. The summed E-state index contributed by atoms with van der Waals surface area (Å²) < 4.78 is 16.5. The first-order valence-corrected chi connectivity index (χ1v) is 7.08. The molecule has 1 aliphatic heterocycles. The zero-order chi connectivity index (χ0) is 14.2. The highest BCUT2D eigenvalue weighted by Gasteiger charge is 2.11. The lowest BCUT2D eigenvalue weighted by molar-refractivity contribution is 0.0322. The largest absolute Gasteiger partial charge is 0.497 e. The zero-order valence-corrected chi connectivity index (χ0v) is 12.4. The van der Waals surface area contributed by atoms with Crippen LogP contribution < -0.4 is 14.8 Å². The molecule has 0 bridgehead atoms. The molecule has 1 N–H and O–H groups in total. The smallest absolute Gasteiger partial charge is 0.124 e. The summed E-state index contributed by atoms with van der Waals surface area (Å²) in [6, 6.07) is 5.93. The maximum Gasteiger partial charge on any atom is 0.124 e. The minimum absolute atomic E-state index is 0.697. The first-order chi connectivity index (χ1) is 9.83. The highest BCUT2D eigenvalue weighted by atomic mass is 16.5. The van der Waals surface area contributed by atoms with Crippen molar-refractivity contribution in [2.75, 3.05) is 53.6 Å². The molecule has 1 saturated heterocycles. The van der Waals surface area contributed by atoms with Crippen molar-refractivity contribution >= 4 is 0 Å². The first kappa shape index (κ1) is 15.1. The van der Waals surface area contributed by atoms with Crippen molar-refractivity contribution in [3.8, 4) is 11.5 Å². The average molecular weight is 280 g/mol. The van der Waals surface area contributed by atoms with E-state index in [1.165, 1.54) is 0 Å². The van der Waals surface area contributed by atoms with Gasteiger partial charge in [-0.1, -0.05) is 0 Å². The van der Waals surface area contributed by atoms with Crippen molar-refractivity contribution in [2.24, 2.45) is 0 Å². The number of hydrogen-bond acceptors (Lipinski definition) is 5. The van der Waals surface area contributed by atoms with Gasteiger partial charge in [0, 0.05) is 31.7 Å². The van der Waals surface area contributed by atoms with E-state index in [0.29, 0.717) is 6.61 Å². The van der Waals surface area contributed by atoms with Crippen LogP contribution >= 0.6 is 0 Å². The molecule has 5 heteroatoms. The summed E-state index contributed by atoms with van der Waals surface area (Å²) in [4.78, 5) is 2.37. The van der Waals surface area contributed by atoms with Gasteiger partial charge in [0.05, 0.1) is 20.3 Å². The highest BCUT2D eigenvalue weighted by molar-refractivity contribution is 5.40. The van der Waals surface area contributed by atoms with Crippen molar-refractivity contribution in [3.05, 3.63) is 23.8 Å². The Kier molecular flexibility index (Phi) is 6.11. The van der Waals surface area contributed by atoms with Crippen LogP contribution in [-0.2, 0) is 11.3 Å². The van der Waals surface area contributed by atoms with Gasteiger partial charge < -0.3 is 19.5 Å². The Balaban J connectivity index is 1.87. The highest BCUT2D eigenvalue weighted by Crippen LogP contribution is 2.24. The summed E-state index contributed by atoms with van der Waals surface area (Å²) >= 11 is 0. The topological polar surface area (TPSA) is 43.0 Å². The van der Waals surface area contributed by atoms with Gasteiger partial charge in [0.25, 0.3) is 0 Å². The van der Waals surface area contributed by atoms with Crippen LogP contribution in [0.2, 0.25) is 0 Å². The van der Waals surface area contributed by atoms with Gasteiger partial charge in [-0.25, -0.2) is 0 Å². The summed E-state index contributed by atoms with van der Waals surface area (Å²) in [5.74, 6) is 1.78. The molecule has 0 saturated carbocycles. The third kappa shape index (κ3) is 4.37. The lowest BCUT2D eigenvalue weighted by Crippen LogP contribution is -2.38. The van der Waals surface area contributed by atoms with E-state index in [0.717, 1.165) is 56.5 Å². The zero-order valence-electron chi connectivity index (χ0n) is 12.4. The van der Waals surface area contributed by atoms with Crippen molar-refractivity contribution in [1.82, 2.24) is 10.2 Å². The molecule has 0 aliphatic carbocycles. The molecule has 0 aromatic heterocycles. The van der Waals surface area contributed by atoms with E-state index in [1.807, 2.05) is 25.2 Å². The summed E-state index contributed by atoms with van der Waals surface area (Å²) in [6.45, 7) is 6.05. The monoisotopic (exact) mass is 280 g/mol. The molecule has 0 unspecified atom stereocenters. The Hall–Kier alpha value is -1.30. The van der Waals surface area contributed by atoms with E-state index in [4.69, 9.17) is 14.2 Å². The van der Waals surface area contributed by atoms with Gasteiger partial charge >= 0.3 is 0 Å². The summed E-state index contributed by atoms with van der Waals surface area (Å²) in [5, 5.41) is 3.15. The Bertz CT molecular complexity index is 406. The maximum absolute atomic E-state index is 5.91. The molecular formula is C15H24N2O3. The fourth-order valence-corrected chi connectivity index (χ4v) is 2.26. The maximum atomic E-state index is 5.91. The van der Waals surface area contributed by atoms with E-state index in [-0.39, 0.29) is 0 Å². The molecule has 112 valence electrons. The van der Waals surface area contributed by atoms with Crippen LogP contribution in [0.4, 0.5) is 0 Å². The van der Waals surface area contributed by atoms with Crippen LogP contribution in [0.3, 0.4) is 0 Å². The second-order valence-corrected chi connectivity index (χ2v) is 4.81. The average Bonchev–Trinajstić information content (AvgIpc) is 2.50. The lowest BCUT2D eigenvalue weighted by Gasteiger charge is -2.26. The number of morpholine rings is 1. The number of nitrogens with zero attached hydrogens (tertiary/aromatic N) is 1. The van der Waals surface area contributed by atoms with Gasteiger partial charge in [0.2, 0.25) is 0 Å². The number of ether oxygens (including phenoxy) is 3. The van der Waals surface area contributed by atoms with Crippen LogP contribution in [0.25, 0.3) is 0 Å². The predicted octanol–water partition coefficient (Wildman–Crippen LogP) is 1.13. The van der Waals surface area contributed by atoms with Gasteiger partial charge in [-0.15, -0.1) is 0 Å². The van der Waals surface area contributed by atoms with Crippen molar-refractivity contribution < 1.29 is 14.2 Å². The van der Waals surface area contributed by atoms with E-state index in [9.17, 15) is 0 Å². The molecule has 1 aromatic carbocycles. The molecule has 0 amide bonds. The van der Waals surface area contributed by atoms with Crippen LogP contribution in [0.5, 0.6) is 11.5 Å². The molecule has 1 aromatic rings. The van der Waals surface area contributed by atoms with E-state index >= 15 is 0 Å². The second-order valence-electron chi connectivity index (χ2n) is 4.81. The van der Waals surface area contributed by atoms with Crippen LogP contribution in [-0.4, -0.2) is 58.5 Å². The second kappa shape index (κ2) is 8.09. The number of benzene rings is 1. The van der Waals surface area contributed by atoms with E-state index < -0.39 is 0 Å². The molecule has 1 aliphatic rings. The number of nitrogens with one attached hydrogen (secondary N) is 1. The molecule has 0 spiro atoms. The number of rotatable bonds is 7. The SMILES string of the molecule is CNCc1cc(OC)ccc1OCCN1CCOCC1. The Morgan fingerprint density at radius 2 is 2.10 bits per heavy atom. The number of hydrogen-bond donors (Lipinski definition) is 1. The van der Waals surface area contributed by atoms with Crippen LogP contribution in [0.1, 0.15) is 5.56 Å². The van der Waals surface area contributed by atoms with Gasteiger partial charge in [-0.05, 0) is 25.2 Å². The lowest BCUT2D eigenvalue weighted by atomic mass is 10.2. The van der Waals surface area contributed by atoms with E-state index in [2.05, 4.69) is 10.2 Å². The fraction of sp³-hybridized carbons (Fsp3) is 0.600. The molecule has 2 rings (SSSR count). The summed E-state index contributed by atoms with van der Waals surface area (Å²) in [6.07, 6.45) is 0. The molecule has 5 nitrogen and oxygen atoms in total. The van der Waals surface area contributed by atoms with Crippen LogP contribution in [0, 0.1) is 0 Å². The number of methoxy groups -OCH3 is 1. The predicted molar refractivity (Wildman–Crippen MR) is 78.5 cm³/mol. The third-order valence-corrected chi connectivity index (χ3v) is 3.40. The third-order valence-electron chi connectivity index (χ3n) is 3.40. The normalized spacial score (nSPS) is 16.1. The summed E-state index contributed by atoms with van der Waals surface area (Å²) in [7, 11) is 3.61. The molecular weight excluding hydrogens is 256 g/mol. The van der Waals surface area contributed by atoms with Crippen molar-refractivity contribution in [3.63, 3.8) is 0 Å².